The lowest BCUT2D eigenvalue weighted by Crippen LogP contribution is -2.50. The molecule has 2 aliphatic heterocycles. The molecule has 0 bridgehead atoms. The van der Waals surface area contributed by atoms with E-state index in [4.69, 9.17) is 4.42 Å². The van der Waals surface area contributed by atoms with Crippen molar-refractivity contribution in [2.45, 2.75) is 62.8 Å². The van der Waals surface area contributed by atoms with Gasteiger partial charge in [-0.3, -0.25) is 19.2 Å². The number of anilines is 2. The van der Waals surface area contributed by atoms with Gasteiger partial charge in [0, 0.05) is 35.6 Å². The summed E-state index contributed by atoms with van der Waals surface area (Å²) in [4.78, 5) is 60.8. The van der Waals surface area contributed by atoms with Crippen molar-refractivity contribution >= 4 is 35.0 Å². The number of nitrogens with zero attached hydrogens (tertiary/aromatic N) is 3. The van der Waals surface area contributed by atoms with Crippen LogP contribution >= 0.6 is 0 Å². The molecule has 4 N–H and O–H groups in total. The Morgan fingerprint density at radius 2 is 1.05 bits per heavy atom. The van der Waals surface area contributed by atoms with Crippen LogP contribution in [0.15, 0.2) is 120 Å². The number of hydrogen-bond acceptors (Lipinski definition) is 8. The molecule has 3 heterocycles. The molecule has 4 atom stereocenters. The minimum absolute atomic E-state index is 0.325. The van der Waals surface area contributed by atoms with Gasteiger partial charge in [-0.2, -0.15) is 0 Å². The summed E-state index contributed by atoms with van der Waals surface area (Å²) in [5, 5.41) is 28.0. The van der Waals surface area contributed by atoms with E-state index in [1.54, 1.807) is 103 Å². The quantitative estimate of drug-likeness (QED) is 0.142. The molecule has 55 heavy (non-hydrogen) atoms. The van der Waals surface area contributed by atoms with Gasteiger partial charge in [0.25, 0.3) is 11.8 Å². The van der Waals surface area contributed by atoms with Crippen molar-refractivity contribution in [3.63, 3.8) is 0 Å². The molecule has 0 aliphatic carbocycles. The molecular weight excluding hydrogens is 699 g/mol. The molecule has 4 unspecified atom stereocenters. The van der Waals surface area contributed by atoms with E-state index in [9.17, 15) is 29.4 Å². The zero-order chi connectivity index (χ0) is 38.7. The molecule has 4 aromatic carbocycles. The zero-order valence-corrected chi connectivity index (χ0v) is 30.6. The molecule has 7 rings (SSSR count). The molecule has 0 saturated carbocycles. The molecular formula is C43H43N5O7. The normalized spacial score (nSPS) is 19.0. The Bertz CT molecular complexity index is 2010. The highest BCUT2D eigenvalue weighted by Crippen LogP contribution is 2.32. The molecule has 5 aromatic rings. The van der Waals surface area contributed by atoms with Gasteiger partial charge in [-0.15, -0.1) is 0 Å². The van der Waals surface area contributed by atoms with Crippen LogP contribution < -0.4 is 10.6 Å². The Labute approximate surface area is 318 Å². The molecule has 2 aliphatic rings. The van der Waals surface area contributed by atoms with Crippen molar-refractivity contribution in [3.8, 4) is 22.8 Å². The van der Waals surface area contributed by atoms with Crippen LogP contribution in [0.25, 0.3) is 22.8 Å². The first kappa shape index (κ1) is 37.2. The number of benzene rings is 4. The molecule has 0 radical (unpaired) electrons. The predicted molar refractivity (Wildman–Crippen MR) is 206 cm³/mol. The lowest BCUT2D eigenvalue weighted by molar-refractivity contribution is -0.153. The van der Waals surface area contributed by atoms with Crippen LogP contribution in [-0.2, 0) is 30.4 Å². The lowest BCUT2D eigenvalue weighted by Gasteiger charge is -2.31. The number of hydrogen-bond donors (Lipinski definition) is 4. The van der Waals surface area contributed by atoms with Gasteiger partial charge < -0.3 is 35.1 Å². The van der Waals surface area contributed by atoms with Crippen molar-refractivity contribution in [1.29, 1.82) is 0 Å². The average Bonchev–Trinajstić information content (AvgIpc) is 4.01. The third kappa shape index (κ3) is 7.64. The van der Waals surface area contributed by atoms with E-state index in [2.05, 4.69) is 15.6 Å². The van der Waals surface area contributed by atoms with Gasteiger partial charge in [0.2, 0.25) is 17.7 Å². The Kier molecular flexibility index (Phi) is 10.4. The van der Waals surface area contributed by atoms with Gasteiger partial charge in [0.15, 0.2) is 17.0 Å². The monoisotopic (exact) mass is 741 g/mol. The molecule has 0 spiro atoms. The summed E-state index contributed by atoms with van der Waals surface area (Å²) >= 11 is 0. The van der Waals surface area contributed by atoms with Crippen molar-refractivity contribution in [2.24, 2.45) is 0 Å². The molecule has 4 amide bonds. The Morgan fingerprint density at radius 3 is 1.49 bits per heavy atom. The van der Waals surface area contributed by atoms with E-state index >= 15 is 0 Å². The van der Waals surface area contributed by atoms with E-state index in [1.165, 1.54) is 23.6 Å². The smallest absolute Gasteiger partial charge is 0.259 e. The van der Waals surface area contributed by atoms with Gasteiger partial charge in [-0.25, -0.2) is 4.98 Å². The largest absolute Gasteiger partial charge is 0.436 e. The first-order valence-corrected chi connectivity index (χ1v) is 18.4. The number of carbonyl (C=O) groups is 4. The zero-order valence-electron chi connectivity index (χ0n) is 30.6. The first-order valence-electron chi connectivity index (χ1n) is 18.4. The second kappa shape index (κ2) is 15.3. The van der Waals surface area contributed by atoms with Crippen LogP contribution in [0.4, 0.5) is 11.4 Å². The number of nitrogens with one attached hydrogen (secondary N) is 2. The van der Waals surface area contributed by atoms with Crippen LogP contribution in [0.3, 0.4) is 0 Å². The van der Waals surface area contributed by atoms with Crippen LogP contribution in [0.2, 0.25) is 0 Å². The fraction of sp³-hybridized carbons (Fsp3) is 0.279. The van der Waals surface area contributed by atoms with Crippen LogP contribution in [0.5, 0.6) is 0 Å². The number of amides is 4. The topological polar surface area (TPSA) is 165 Å². The average molecular weight is 742 g/mol. The van der Waals surface area contributed by atoms with Crippen LogP contribution in [0, 0.1) is 0 Å². The van der Waals surface area contributed by atoms with E-state index in [0.717, 1.165) is 5.56 Å². The highest BCUT2D eigenvalue weighted by atomic mass is 16.4. The summed E-state index contributed by atoms with van der Waals surface area (Å²) in [6.45, 7) is 3.67. The SMILES string of the molecule is CC(O)(C(=O)N1CCCC1C(=O)Nc1ccc(-c2cnc(-c3ccc(NC(=O)C4CCCN4C(=O)C(C)(O)c4ccccc4)cc3)o2)cc1)c1ccccc1. The highest BCUT2D eigenvalue weighted by Gasteiger charge is 2.44. The minimum atomic E-state index is -1.76. The number of oxazole rings is 1. The summed E-state index contributed by atoms with van der Waals surface area (Å²) in [6.07, 6.45) is 3.90. The molecule has 2 fully saturated rings. The summed E-state index contributed by atoms with van der Waals surface area (Å²) in [7, 11) is 0. The predicted octanol–water partition coefficient (Wildman–Crippen LogP) is 5.68. The van der Waals surface area contributed by atoms with E-state index < -0.39 is 35.1 Å². The summed E-state index contributed by atoms with van der Waals surface area (Å²) in [5.41, 5.74) is -0.0659. The lowest BCUT2D eigenvalue weighted by atomic mass is 9.94. The van der Waals surface area contributed by atoms with Crippen LogP contribution in [0.1, 0.15) is 50.7 Å². The second-order valence-corrected chi connectivity index (χ2v) is 14.4. The standard InChI is InChI=1S/C43H43N5O7/c1-42(53,30-11-5-3-6-12-30)40(51)47-25-9-15-34(47)37(49)45-32-21-17-28(18-22-32)36-27-44-39(55-36)29-19-23-33(24-20-29)46-38(50)35-16-10-26-48(35)41(52)43(2,54)31-13-7-4-8-14-31/h3-8,11-14,17-24,27,34-35,53-54H,9-10,15-16,25-26H2,1-2H3,(H,45,49)(H,46,50). The fourth-order valence-electron chi connectivity index (χ4n) is 7.30. The minimum Gasteiger partial charge on any atom is -0.436 e. The Hall–Kier alpha value is -6.11. The van der Waals surface area contributed by atoms with Gasteiger partial charge in [0.1, 0.15) is 12.1 Å². The highest BCUT2D eigenvalue weighted by molar-refractivity contribution is 6.00. The summed E-state index contributed by atoms with van der Waals surface area (Å²) in [5.74, 6) is -0.784. The van der Waals surface area contributed by atoms with Crippen molar-refractivity contribution in [3.05, 3.63) is 127 Å². The molecule has 282 valence electrons. The molecule has 2 saturated heterocycles. The summed E-state index contributed by atoms with van der Waals surface area (Å²) < 4.78 is 6.06. The molecule has 1 aromatic heterocycles. The maximum atomic E-state index is 13.4. The first-order chi connectivity index (χ1) is 26.4. The van der Waals surface area contributed by atoms with Crippen molar-refractivity contribution in [2.75, 3.05) is 23.7 Å². The summed E-state index contributed by atoms with van der Waals surface area (Å²) in [6, 6.07) is 30.1. The second-order valence-electron chi connectivity index (χ2n) is 14.4. The van der Waals surface area contributed by atoms with Gasteiger partial charge in [-0.1, -0.05) is 60.7 Å². The third-order valence-electron chi connectivity index (χ3n) is 10.5. The maximum absolute atomic E-state index is 13.4. The van der Waals surface area contributed by atoms with Crippen molar-refractivity contribution in [1.82, 2.24) is 14.8 Å². The number of likely N-dealkylation sites (tertiary alicyclic amines) is 2. The van der Waals surface area contributed by atoms with E-state index in [1.807, 2.05) is 12.1 Å². The van der Waals surface area contributed by atoms with E-state index in [0.29, 0.717) is 78.5 Å². The fourth-order valence-corrected chi connectivity index (χ4v) is 7.30. The van der Waals surface area contributed by atoms with Gasteiger partial charge in [-0.05, 0) is 99.2 Å². The number of aromatic nitrogens is 1. The molecule has 12 heteroatoms. The van der Waals surface area contributed by atoms with Gasteiger partial charge >= 0.3 is 0 Å². The van der Waals surface area contributed by atoms with Gasteiger partial charge in [0.05, 0.1) is 6.20 Å². The Balaban J connectivity index is 0.950. The number of carbonyl (C=O) groups excluding carboxylic acids is 4. The maximum Gasteiger partial charge on any atom is 0.259 e. The third-order valence-corrected chi connectivity index (χ3v) is 10.5. The number of aliphatic hydroxyl groups is 2. The molecule has 12 nitrogen and oxygen atoms in total. The Morgan fingerprint density at radius 1 is 0.636 bits per heavy atom. The van der Waals surface area contributed by atoms with Crippen LogP contribution in [-0.4, -0.2) is 73.8 Å². The van der Waals surface area contributed by atoms with Crippen molar-refractivity contribution < 1.29 is 33.8 Å². The van der Waals surface area contributed by atoms with E-state index in [-0.39, 0.29) is 11.8 Å². The number of rotatable bonds is 10.